The van der Waals surface area contributed by atoms with Gasteiger partial charge in [-0.1, -0.05) is 32.0 Å². The normalized spacial score (nSPS) is 12.1. The molecule has 2 aromatic rings. The van der Waals surface area contributed by atoms with E-state index in [9.17, 15) is 9.59 Å². The molecular formula is C22H31N3O3S. The predicted octanol–water partition coefficient (Wildman–Crippen LogP) is 3.67. The molecule has 1 heterocycles. The van der Waals surface area contributed by atoms with Crippen LogP contribution in [-0.4, -0.2) is 43.1 Å². The van der Waals surface area contributed by atoms with Gasteiger partial charge >= 0.3 is 6.03 Å². The number of methoxy groups -OCH3 is 1. The van der Waals surface area contributed by atoms with E-state index in [1.807, 2.05) is 44.2 Å². The third-order valence-corrected chi connectivity index (χ3v) is 5.41. The number of urea groups is 1. The van der Waals surface area contributed by atoms with Gasteiger partial charge in [0.05, 0.1) is 13.7 Å². The van der Waals surface area contributed by atoms with E-state index >= 15 is 0 Å². The number of amides is 3. The van der Waals surface area contributed by atoms with Crippen molar-refractivity contribution in [1.29, 1.82) is 0 Å². The molecule has 0 spiro atoms. The van der Waals surface area contributed by atoms with Crippen LogP contribution in [0.2, 0.25) is 0 Å². The van der Waals surface area contributed by atoms with E-state index in [-0.39, 0.29) is 18.5 Å². The Bertz CT molecular complexity index is 760. The van der Waals surface area contributed by atoms with Crippen molar-refractivity contribution in [3.63, 3.8) is 0 Å². The number of nitrogens with zero attached hydrogens (tertiary/aromatic N) is 1. The molecular weight excluding hydrogens is 386 g/mol. The molecule has 2 N–H and O–H groups in total. The lowest BCUT2D eigenvalue weighted by Crippen LogP contribution is -2.47. The summed E-state index contributed by atoms with van der Waals surface area (Å²) in [5.74, 6) is 0.817. The molecule has 29 heavy (non-hydrogen) atoms. The second-order valence-electron chi connectivity index (χ2n) is 7.54. The summed E-state index contributed by atoms with van der Waals surface area (Å²) in [7, 11) is 1.64. The first-order valence-electron chi connectivity index (χ1n) is 9.84. The Balaban J connectivity index is 2.02. The molecule has 1 unspecified atom stereocenters. The monoisotopic (exact) mass is 417 g/mol. The van der Waals surface area contributed by atoms with Gasteiger partial charge in [-0.15, -0.1) is 11.3 Å². The van der Waals surface area contributed by atoms with Crippen molar-refractivity contribution < 1.29 is 14.3 Å². The van der Waals surface area contributed by atoms with Gasteiger partial charge in [0.2, 0.25) is 5.91 Å². The molecule has 0 aliphatic carbocycles. The molecule has 3 amide bonds. The number of hydrogen-bond donors (Lipinski definition) is 2. The number of benzene rings is 1. The number of imide groups is 1. The quantitative estimate of drug-likeness (QED) is 0.619. The van der Waals surface area contributed by atoms with Gasteiger partial charge in [0.1, 0.15) is 5.75 Å². The van der Waals surface area contributed by atoms with Gasteiger partial charge in [-0.2, -0.15) is 0 Å². The van der Waals surface area contributed by atoms with E-state index in [0.29, 0.717) is 19.0 Å². The molecule has 0 aliphatic heterocycles. The van der Waals surface area contributed by atoms with Gasteiger partial charge in [-0.05, 0) is 48.4 Å². The maximum absolute atomic E-state index is 12.5. The van der Waals surface area contributed by atoms with E-state index in [4.69, 9.17) is 4.74 Å². The predicted molar refractivity (Wildman–Crippen MR) is 117 cm³/mol. The van der Waals surface area contributed by atoms with Crippen molar-refractivity contribution >= 4 is 23.3 Å². The van der Waals surface area contributed by atoms with Crippen molar-refractivity contribution in [2.24, 2.45) is 5.92 Å². The summed E-state index contributed by atoms with van der Waals surface area (Å²) in [5.41, 5.74) is 1.08. The van der Waals surface area contributed by atoms with Crippen LogP contribution in [0.3, 0.4) is 0 Å². The van der Waals surface area contributed by atoms with Gasteiger partial charge in [-0.3, -0.25) is 15.0 Å². The highest BCUT2D eigenvalue weighted by Crippen LogP contribution is 2.18. The minimum Gasteiger partial charge on any atom is -0.497 e. The maximum atomic E-state index is 12.5. The zero-order chi connectivity index (χ0) is 21.2. The van der Waals surface area contributed by atoms with Gasteiger partial charge in [-0.25, -0.2) is 4.79 Å². The number of thiophene rings is 1. The molecule has 2 rings (SSSR count). The largest absolute Gasteiger partial charge is 0.497 e. The lowest BCUT2D eigenvalue weighted by atomic mass is 10.1. The first-order valence-corrected chi connectivity index (χ1v) is 10.7. The Morgan fingerprint density at radius 2 is 1.86 bits per heavy atom. The van der Waals surface area contributed by atoms with Crippen LogP contribution >= 0.6 is 11.3 Å². The third-order valence-electron chi connectivity index (χ3n) is 4.52. The molecule has 0 saturated heterocycles. The Kier molecular flexibility index (Phi) is 9.15. The molecule has 1 aromatic carbocycles. The second kappa shape index (κ2) is 11.6. The standard InChI is InChI=1S/C22H31N3O3S/c1-16(2)13-23-22(27)24-21(26)15-25(17(3)12-20-6-5-11-29-20)14-18-7-9-19(28-4)10-8-18/h5-11,16-17H,12-15H2,1-4H3,(H2,23,24,26,27). The SMILES string of the molecule is COc1ccc(CN(CC(=O)NC(=O)NCC(C)C)C(C)Cc2cccs2)cc1. The minimum absolute atomic E-state index is 0.139. The number of ether oxygens (including phenoxy) is 1. The topological polar surface area (TPSA) is 70.7 Å². The summed E-state index contributed by atoms with van der Waals surface area (Å²) >= 11 is 1.71. The molecule has 1 atom stereocenters. The fraction of sp³-hybridized carbons (Fsp3) is 0.455. The summed E-state index contributed by atoms with van der Waals surface area (Å²) in [6.07, 6.45) is 0.848. The molecule has 6 nitrogen and oxygen atoms in total. The lowest BCUT2D eigenvalue weighted by Gasteiger charge is -2.28. The maximum Gasteiger partial charge on any atom is 0.321 e. The van der Waals surface area contributed by atoms with Gasteiger partial charge in [0, 0.05) is 24.0 Å². The van der Waals surface area contributed by atoms with Gasteiger partial charge < -0.3 is 10.1 Å². The third kappa shape index (κ3) is 8.25. The smallest absolute Gasteiger partial charge is 0.321 e. The van der Waals surface area contributed by atoms with Crippen LogP contribution < -0.4 is 15.4 Å². The van der Waals surface area contributed by atoms with E-state index in [1.54, 1.807) is 18.4 Å². The fourth-order valence-electron chi connectivity index (χ4n) is 2.87. The first-order chi connectivity index (χ1) is 13.9. The second-order valence-corrected chi connectivity index (χ2v) is 8.57. The number of hydrogen-bond acceptors (Lipinski definition) is 5. The van der Waals surface area contributed by atoms with E-state index in [1.165, 1.54) is 4.88 Å². The highest BCUT2D eigenvalue weighted by molar-refractivity contribution is 7.09. The minimum atomic E-state index is -0.445. The summed E-state index contributed by atoms with van der Waals surface area (Å²) < 4.78 is 5.22. The molecule has 1 aromatic heterocycles. The van der Waals surface area contributed by atoms with Crippen LogP contribution in [0.25, 0.3) is 0 Å². The number of rotatable bonds is 10. The van der Waals surface area contributed by atoms with Crippen LogP contribution in [0.4, 0.5) is 4.79 Å². The van der Waals surface area contributed by atoms with Crippen LogP contribution in [0.1, 0.15) is 31.2 Å². The van der Waals surface area contributed by atoms with Gasteiger partial charge in [0.15, 0.2) is 0 Å². The summed E-state index contributed by atoms with van der Waals surface area (Å²) in [5, 5.41) is 7.21. The van der Waals surface area contributed by atoms with E-state index in [0.717, 1.165) is 17.7 Å². The molecule has 0 aliphatic rings. The fourth-order valence-corrected chi connectivity index (χ4v) is 3.70. The Labute approximate surface area is 177 Å². The van der Waals surface area contributed by atoms with Crippen molar-refractivity contribution in [2.75, 3.05) is 20.2 Å². The van der Waals surface area contributed by atoms with Crippen LogP contribution in [0.5, 0.6) is 5.75 Å². The van der Waals surface area contributed by atoms with Crippen LogP contribution in [-0.2, 0) is 17.8 Å². The summed E-state index contributed by atoms with van der Waals surface area (Å²) in [6, 6.07) is 11.7. The first kappa shape index (κ1) is 22.9. The number of carbonyl (C=O) groups is 2. The van der Waals surface area contributed by atoms with Crippen LogP contribution in [0.15, 0.2) is 41.8 Å². The van der Waals surface area contributed by atoms with Crippen LogP contribution in [0, 0.1) is 5.92 Å². The Hall–Kier alpha value is -2.38. The molecule has 0 bridgehead atoms. The molecule has 0 saturated carbocycles. The van der Waals surface area contributed by atoms with Crippen molar-refractivity contribution in [2.45, 2.75) is 39.8 Å². The average Bonchev–Trinajstić information content (AvgIpc) is 3.19. The highest BCUT2D eigenvalue weighted by atomic mass is 32.1. The van der Waals surface area contributed by atoms with Crippen molar-refractivity contribution in [1.82, 2.24) is 15.5 Å². The Morgan fingerprint density at radius 3 is 2.45 bits per heavy atom. The highest BCUT2D eigenvalue weighted by Gasteiger charge is 2.20. The molecule has 0 radical (unpaired) electrons. The molecule has 0 fully saturated rings. The lowest BCUT2D eigenvalue weighted by molar-refractivity contribution is -0.121. The molecule has 7 heteroatoms. The number of carbonyl (C=O) groups excluding carboxylic acids is 2. The summed E-state index contributed by atoms with van der Waals surface area (Å²) in [4.78, 5) is 27.8. The average molecular weight is 418 g/mol. The van der Waals surface area contributed by atoms with E-state index in [2.05, 4.69) is 33.9 Å². The van der Waals surface area contributed by atoms with E-state index < -0.39 is 6.03 Å². The van der Waals surface area contributed by atoms with Crippen molar-refractivity contribution in [3.8, 4) is 5.75 Å². The zero-order valence-electron chi connectivity index (χ0n) is 17.6. The zero-order valence-corrected chi connectivity index (χ0v) is 18.4. The van der Waals surface area contributed by atoms with Gasteiger partial charge in [0.25, 0.3) is 0 Å². The Morgan fingerprint density at radius 1 is 1.14 bits per heavy atom. The summed E-state index contributed by atoms with van der Waals surface area (Å²) in [6.45, 7) is 7.40. The molecule has 158 valence electrons. The number of nitrogens with one attached hydrogen (secondary N) is 2. The van der Waals surface area contributed by atoms with Crippen molar-refractivity contribution in [3.05, 3.63) is 52.2 Å².